The number of para-hydroxylation sites is 3. The fraction of sp³-hybridized carbons (Fsp3) is 0. The highest BCUT2D eigenvalue weighted by Crippen LogP contribution is 2.40. The van der Waals surface area contributed by atoms with Crippen LogP contribution < -0.4 is 4.90 Å². The molecule has 9 aromatic rings. The minimum absolute atomic E-state index is 0.0922. The molecule has 1 aromatic heterocycles. The third kappa shape index (κ3) is 5.34. The number of nitrogens with zero attached hydrogens (tertiary/aromatic N) is 2. The summed E-state index contributed by atoms with van der Waals surface area (Å²) in [4.78, 5) is 1.34. The van der Waals surface area contributed by atoms with Gasteiger partial charge in [0.25, 0.3) is 0 Å². The van der Waals surface area contributed by atoms with Crippen LogP contribution in [0.15, 0.2) is 206 Å². The average molecular weight is 647 g/mol. The number of hydrogen-bond donors (Lipinski definition) is 0. The third-order valence-corrected chi connectivity index (χ3v) is 8.96. The predicted octanol–water partition coefficient (Wildman–Crippen LogP) is 13.3. The van der Waals surface area contributed by atoms with Crippen molar-refractivity contribution in [2.75, 3.05) is 4.90 Å². The lowest BCUT2D eigenvalue weighted by Gasteiger charge is -2.26. The van der Waals surface area contributed by atoms with E-state index in [1.54, 1.807) is 42.5 Å². The van der Waals surface area contributed by atoms with E-state index >= 15 is 0 Å². The predicted molar refractivity (Wildman–Crippen MR) is 212 cm³/mol. The molecule has 0 atom stereocenters. The minimum atomic E-state index is -0.399. The highest BCUT2D eigenvalue weighted by molar-refractivity contribution is 6.09. The molecule has 1 heterocycles. The molecular formula is C48H34N2. The van der Waals surface area contributed by atoms with Crippen molar-refractivity contribution in [2.45, 2.75) is 0 Å². The molecule has 0 saturated heterocycles. The largest absolute Gasteiger partial charge is 0.311 e. The van der Waals surface area contributed by atoms with Gasteiger partial charge in [-0.15, -0.1) is 0 Å². The maximum Gasteiger partial charge on any atom is 0.0645 e. The second-order valence-corrected chi connectivity index (χ2v) is 11.9. The third-order valence-electron chi connectivity index (χ3n) is 8.96. The first-order valence-electron chi connectivity index (χ1n) is 20.5. The van der Waals surface area contributed by atoms with Crippen LogP contribution in [0.5, 0.6) is 0 Å². The molecule has 50 heavy (non-hydrogen) atoms. The van der Waals surface area contributed by atoms with Gasteiger partial charge in [0.15, 0.2) is 0 Å². The van der Waals surface area contributed by atoms with Gasteiger partial charge in [0, 0.05) is 33.4 Å². The first-order chi connectivity index (χ1) is 28.2. The van der Waals surface area contributed by atoms with Crippen LogP contribution in [-0.4, -0.2) is 4.57 Å². The molecule has 8 aromatic carbocycles. The molecule has 0 saturated carbocycles. The van der Waals surface area contributed by atoms with Crippen LogP contribution in [0.25, 0.3) is 60.9 Å². The number of anilines is 3. The molecule has 0 N–H and O–H groups in total. The first kappa shape index (κ1) is 22.1. The van der Waals surface area contributed by atoms with E-state index in [-0.39, 0.29) is 58.8 Å². The van der Waals surface area contributed by atoms with Crippen molar-refractivity contribution in [3.8, 4) is 39.1 Å². The fourth-order valence-corrected chi connectivity index (χ4v) is 6.58. The van der Waals surface area contributed by atoms with Gasteiger partial charge in [-0.1, -0.05) is 152 Å². The second-order valence-electron chi connectivity index (χ2n) is 11.9. The monoisotopic (exact) mass is 646 g/mol. The smallest absolute Gasteiger partial charge is 0.0645 e. The summed E-state index contributed by atoms with van der Waals surface area (Å²) in [5.74, 6) is 0. The molecule has 2 nitrogen and oxygen atoms in total. The molecule has 0 radical (unpaired) electrons. The zero-order valence-corrected chi connectivity index (χ0v) is 26.9. The number of rotatable bonds is 7. The number of hydrogen-bond acceptors (Lipinski definition) is 1. The van der Waals surface area contributed by atoms with Gasteiger partial charge in [-0.05, 0) is 82.3 Å². The Balaban J connectivity index is 1.29. The SMILES string of the molecule is [2H]c1c([2H])c(N(c2ccc(-c3ccccc3)cc2)c2c([2H])c([2H])c(-c3ccccc3-n3c4ccccc4c4ccccc43)c([2H])c2[2H])c([2H])c([2H])c1-c1ccccc1. The Labute approximate surface area is 304 Å². The van der Waals surface area contributed by atoms with E-state index in [1.807, 2.05) is 103 Å². The van der Waals surface area contributed by atoms with E-state index in [0.29, 0.717) is 22.5 Å². The summed E-state index contributed by atoms with van der Waals surface area (Å²) in [7, 11) is 0. The minimum Gasteiger partial charge on any atom is -0.311 e. The van der Waals surface area contributed by atoms with Crippen molar-refractivity contribution >= 4 is 38.9 Å². The van der Waals surface area contributed by atoms with Crippen LogP contribution >= 0.6 is 0 Å². The summed E-state index contributed by atoms with van der Waals surface area (Å²) >= 11 is 0. The van der Waals surface area contributed by atoms with E-state index in [0.717, 1.165) is 32.9 Å². The van der Waals surface area contributed by atoms with Gasteiger partial charge in [0.05, 0.1) is 27.7 Å². The van der Waals surface area contributed by atoms with Gasteiger partial charge in [-0.2, -0.15) is 0 Å². The van der Waals surface area contributed by atoms with Crippen molar-refractivity contribution < 1.29 is 11.0 Å². The Morgan fingerprint density at radius 1 is 0.340 bits per heavy atom. The maximum atomic E-state index is 9.61. The van der Waals surface area contributed by atoms with Gasteiger partial charge in [0.1, 0.15) is 0 Å². The van der Waals surface area contributed by atoms with Crippen LogP contribution in [0.3, 0.4) is 0 Å². The van der Waals surface area contributed by atoms with E-state index in [9.17, 15) is 8.22 Å². The van der Waals surface area contributed by atoms with Gasteiger partial charge in [-0.25, -0.2) is 0 Å². The van der Waals surface area contributed by atoms with Crippen molar-refractivity contribution in [2.24, 2.45) is 0 Å². The van der Waals surface area contributed by atoms with E-state index < -0.39 is 12.1 Å². The summed E-state index contributed by atoms with van der Waals surface area (Å²) in [6, 6.07) is 46.3. The van der Waals surface area contributed by atoms with Crippen molar-refractivity contribution in [3.05, 3.63) is 206 Å². The molecule has 0 aliphatic heterocycles. The topological polar surface area (TPSA) is 8.17 Å². The summed E-state index contributed by atoms with van der Waals surface area (Å²) < 4.78 is 77.4. The highest BCUT2D eigenvalue weighted by atomic mass is 15.1. The number of benzene rings is 8. The lowest BCUT2D eigenvalue weighted by molar-refractivity contribution is 1.18. The lowest BCUT2D eigenvalue weighted by Crippen LogP contribution is -2.09. The molecule has 2 heteroatoms. The molecule has 0 aliphatic rings. The van der Waals surface area contributed by atoms with Crippen LogP contribution in [0.4, 0.5) is 17.1 Å². The molecule has 9 rings (SSSR count). The van der Waals surface area contributed by atoms with Gasteiger partial charge < -0.3 is 9.47 Å². The number of fused-ring (bicyclic) bond motifs is 3. The maximum absolute atomic E-state index is 9.61. The Bertz CT molecular complexity index is 2920. The first-order valence-corrected chi connectivity index (χ1v) is 16.5. The Morgan fingerprint density at radius 2 is 0.780 bits per heavy atom. The molecule has 236 valence electrons. The zero-order chi connectivity index (χ0) is 40.2. The molecule has 0 fully saturated rings. The van der Waals surface area contributed by atoms with Crippen LogP contribution in [0.1, 0.15) is 11.0 Å². The van der Waals surface area contributed by atoms with Crippen LogP contribution in [0.2, 0.25) is 0 Å². The van der Waals surface area contributed by atoms with Gasteiger partial charge in [-0.3, -0.25) is 0 Å². The summed E-state index contributed by atoms with van der Waals surface area (Å²) in [5, 5.41) is 2.07. The Kier molecular flexibility index (Phi) is 5.63. The second kappa shape index (κ2) is 12.8. The Hall–Kier alpha value is -6.64. The fourth-order valence-electron chi connectivity index (χ4n) is 6.58. The van der Waals surface area contributed by atoms with Crippen molar-refractivity contribution in [3.63, 3.8) is 0 Å². The van der Waals surface area contributed by atoms with E-state index in [1.165, 1.54) is 4.90 Å². The molecule has 0 unspecified atom stereocenters. The summed E-state index contributed by atoms with van der Waals surface area (Å²) in [6.45, 7) is 0. The molecule has 0 bridgehead atoms. The molecular weight excluding hydrogens is 605 g/mol. The quantitative estimate of drug-likeness (QED) is 0.167. The zero-order valence-electron chi connectivity index (χ0n) is 34.9. The number of aromatic nitrogens is 1. The van der Waals surface area contributed by atoms with Crippen molar-refractivity contribution in [1.82, 2.24) is 4.57 Å². The van der Waals surface area contributed by atoms with Crippen LogP contribution in [0, 0.1) is 0 Å². The normalized spacial score (nSPS) is 13.4. The standard InChI is InChI=1S/C48H34N2/c1-3-13-35(14-4-1)37-23-29-40(30-24-37)49(41-31-25-38(26-32-41)36-15-5-2-6-16-36)42-33-27-39(28-34-42)43-17-7-10-20-46(43)50-47-21-11-8-18-44(47)45-19-9-12-22-48(45)50/h1-34H/i23D,24D,27D,28D,29D,30D,33D,34D. The average Bonchev–Trinajstić information content (AvgIpc) is 3.60. The van der Waals surface area contributed by atoms with Gasteiger partial charge >= 0.3 is 0 Å². The summed E-state index contributed by atoms with van der Waals surface area (Å²) in [5.41, 5.74) is 5.52. The van der Waals surface area contributed by atoms with Crippen LogP contribution in [-0.2, 0) is 0 Å². The molecule has 0 spiro atoms. The van der Waals surface area contributed by atoms with Gasteiger partial charge in [0.2, 0.25) is 0 Å². The highest BCUT2D eigenvalue weighted by Gasteiger charge is 2.17. The van der Waals surface area contributed by atoms with E-state index in [4.69, 9.17) is 2.74 Å². The Morgan fingerprint density at radius 3 is 1.36 bits per heavy atom. The summed E-state index contributed by atoms with van der Waals surface area (Å²) in [6.07, 6.45) is 0. The molecule has 0 aliphatic carbocycles. The van der Waals surface area contributed by atoms with E-state index in [2.05, 4.69) is 16.7 Å². The molecule has 0 amide bonds. The lowest BCUT2D eigenvalue weighted by atomic mass is 10.0. The van der Waals surface area contributed by atoms with Crippen molar-refractivity contribution in [1.29, 1.82) is 0 Å².